The van der Waals surface area contributed by atoms with E-state index < -0.39 is 0 Å². The van der Waals surface area contributed by atoms with Gasteiger partial charge in [-0.1, -0.05) is 34.8 Å². The third-order valence-electron chi connectivity index (χ3n) is 5.59. The highest BCUT2D eigenvalue weighted by molar-refractivity contribution is 6.35. The number of benzene rings is 1. The average Bonchev–Trinajstić information content (AvgIpc) is 2.79. The van der Waals surface area contributed by atoms with E-state index >= 15 is 0 Å². The van der Waals surface area contributed by atoms with E-state index in [9.17, 15) is 4.79 Å². The standard InChI is InChI=1S/C24H24Cl3N5O2/c1-15(33)28-13-16-4-6-32(7-5-16)14-17-8-21(18-10-19(25)12-20(26)11-18)29-24(9-17)34-23-3-2-22(27)30-31-23/h2-3,8-12,16H,4-7,13-14H2,1H3,(H,28,33). The Labute approximate surface area is 213 Å². The van der Waals surface area contributed by atoms with Gasteiger partial charge < -0.3 is 10.1 Å². The molecule has 4 rings (SSSR count). The summed E-state index contributed by atoms with van der Waals surface area (Å²) in [6.45, 7) is 4.92. The van der Waals surface area contributed by atoms with Gasteiger partial charge in [-0.05, 0) is 67.7 Å². The number of aromatic nitrogens is 3. The molecule has 3 heterocycles. The van der Waals surface area contributed by atoms with Crippen molar-refractivity contribution in [3.8, 4) is 23.0 Å². The number of amides is 1. The lowest BCUT2D eigenvalue weighted by Crippen LogP contribution is -2.37. The van der Waals surface area contributed by atoms with E-state index in [4.69, 9.17) is 39.5 Å². The molecular formula is C24H24Cl3N5O2. The number of hydrogen-bond donors (Lipinski definition) is 1. The van der Waals surface area contributed by atoms with Crippen molar-refractivity contribution < 1.29 is 9.53 Å². The summed E-state index contributed by atoms with van der Waals surface area (Å²) in [4.78, 5) is 18.2. The first kappa shape index (κ1) is 24.7. The number of ether oxygens (including phenoxy) is 1. The molecule has 2 aromatic heterocycles. The molecule has 0 radical (unpaired) electrons. The molecule has 1 amide bonds. The highest BCUT2D eigenvalue weighted by Gasteiger charge is 2.20. The van der Waals surface area contributed by atoms with Gasteiger partial charge >= 0.3 is 0 Å². The third-order valence-corrected chi connectivity index (χ3v) is 6.23. The second-order valence-corrected chi connectivity index (χ2v) is 9.57. The van der Waals surface area contributed by atoms with Crippen LogP contribution < -0.4 is 10.1 Å². The van der Waals surface area contributed by atoms with Gasteiger partial charge in [0.15, 0.2) is 5.15 Å². The second-order valence-electron chi connectivity index (χ2n) is 8.31. The summed E-state index contributed by atoms with van der Waals surface area (Å²) in [5.41, 5.74) is 2.53. The normalized spacial score (nSPS) is 14.7. The van der Waals surface area contributed by atoms with E-state index in [2.05, 4.69) is 25.4 Å². The summed E-state index contributed by atoms with van der Waals surface area (Å²) >= 11 is 18.3. The number of halogens is 3. The Balaban J connectivity index is 1.54. The number of nitrogens with zero attached hydrogens (tertiary/aromatic N) is 4. The monoisotopic (exact) mass is 519 g/mol. The fraction of sp³-hybridized carbons (Fsp3) is 0.333. The quantitative estimate of drug-likeness (QED) is 0.434. The summed E-state index contributed by atoms with van der Waals surface area (Å²) < 4.78 is 5.89. The maximum Gasteiger partial charge on any atom is 0.240 e. The summed E-state index contributed by atoms with van der Waals surface area (Å²) in [5, 5.41) is 12.0. The van der Waals surface area contributed by atoms with Crippen molar-refractivity contribution in [2.75, 3.05) is 19.6 Å². The van der Waals surface area contributed by atoms with Crippen LogP contribution in [0.3, 0.4) is 0 Å². The van der Waals surface area contributed by atoms with Crippen LogP contribution in [0.25, 0.3) is 11.3 Å². The van der Waals surface area contributed by atoms with Gasteiger partial charge in [0.25, 0.3) is 0 Å². The molecule has 0 unspecified atom stereocenters. The van der Waals surface area contributed by atoms with Crippen LogP contribution in [0.15, 0.2) is 42.5 Å². The Morgan fingerprint density at radius 2 is 1.76 bits per heavy atom. The molecule has 1 N–H and O–H groups in total. The Kier molecular flexibility index (Phi) is 8.21. The number of likely N-dealkylation sites (tertiary alicyclic amines) is 1. The lowest BCUT2D eigenvalue weighted by Gasteiger charge is -2.32. The first-order valence-electron chi connectivity index (χ1n) is 11.0. The van der Waals surface area contributed by atoms with Gasteiger partial charge in [0, 0.05) is 47.8 Å². The second kappa shape index (κ2) is 11.3. The highest BCUT2D eigenvalue weighted by Crippen LogP contribution is 2.30. The first-order valence-corrected chi connectivity index (χ1v) is 12.1. The number of piperidine rings is 1. The SMILES string of the molecule is CC(=O)NCC1CCN(Cc2cc(Oc3ccc(Cl)nn3)nc(-c3cc(Cl)cc(Cl)c3)c2)CC1. The minimum atomic E-state index is 0.0192. The molecule has 3 aromatic rings. The molecule has 10 heteroatoms. The van der Waals surface area contributed by atoms with Crippen molar-refractivity contribution in [1.82, 2.24) is 25.4 Å². The Morgan fingerprint density at radius 1 is 1.03 bits per heavy atom. The molecular weight excluding hydrogens is 497 g/mol. The molecule has 0 saturated carbocycles. The lowest BCUT2D eigenvalue weighted by atomic mass is 9.96. The zero-order valence-electron chi connectivity index (χ0n) is 18.6. The van der Waals surface area contributed by atoms with Gasteiger partial charge in [-0.3, -0.25) is 9.69 Å². The van der Waals surface area contributed by atoms with Gasteiger partial charge in [-0.25, -0.2) is 4.98 Å². The molecule has 1 saturated heterocycles. The molecule has 0 atom stereocenters. The molecule has 0 aliphatic carbocycles. The molecule has 0 bridgehead atoms. The fourth-order valence-electron chi connectivity index (χ4n) is 3.91. The molecule has 7 nitrogen and oxygen atoms in total. The van der Waals surface area contributed by atoms with Gasteiger partial charge in [0.1, 0.15) is 0 Å². The maximum atomic E-state index is 11.2. The van der Waals surface area contributed by atoms with Gasteiger partial charge in [0.05, 0.1) is 5.69 Å². The van der Waals surface area contributed by atoms with E-state index in [0.29, 0.717) is 33.4 Å². The summed E-state index contributed by atoms with van der Waals surface area (Å²) in [6, 6.07) is 12.5. The van der Waals surface area contributed by atoms with Crippen molar-refractivity contribution in [3.63, 3.8) is 0 Å². The van der Waals surface area contributed by atoms with Gasteiger partial charge in [-0.15, -0.1) is 10.2 Å². The van der Waals surface area contributed by atoms with Crippen LogP contribution in [0.5, 0.6) is 11.8 Å². The van der Waals surface area contributed by atoms with Crippen LogP contribution in [0.1, 0.15) is 25.3 Å². The predicted octanol–water partition coefficient (Wildman–Crippen LogP) is 5.64. The first-order chi connectivity index (χ1) is 16.3. The zero-order valence-corrected chi connectivity index (χ0v) is 20.9. The molecule has 1 aromatic carbocycles. The molecule has 1 aliphatic rings. The topological polar surface area (TPSA) is 80.2 Å². The number of carbonyl (C=O) groups is 1. The van der Waals surface area contributed by atoms with Crippen LogP contribution >= 0.6 is 34.8 Å². The van der Waals surface area contributed by atoms with Crippen LogP contribution in [0, 0.1) is 5.92 Å². The number of rotatable bonds is 7. The van der Waals surface area contributed by atoms with E-state index in [0.717, 1.165) is 50.1 Å². The third kappa shape index (κ3) is 7.03. The Hall–Kier alpha value is -2.45. The van der Waals surface area contributed by atoms with E-state index in [1.807, 2.05) is 24.3 Å². The molecule has 1 fully saturated rings. The van der Waals surface area contributed by atoms with Crippen LogP contribution in [0.2, 0.25) is 15.2 Å². The van der Waals surface area contributed by atoms with E-state index in [1.54, 1.807) is 25.1 Å². The average molecular weight is 521 g/mol. The van der Waals surface area contributed by atoms with E-state index in [1.165, 1.54) is 0 Å². The smallest absolute Gasteiger partial charge is 0.240 e. The molecule has 0 spiro atoms. The minimum Gasteiger partial charge on any atom is -0.419 e. The van der Waals surface area contributed by atoms with Crippen LogP contribution in [-0.2, 0) is 11.3 Å². The van der Waals surface area contributed by atoms with Crippen molar-refractivity contribution in [2.24, 2.45) is 5.92 Å². The summed E-state index contributed by atoms with van der Waals surface area (Å²) in [5.74, 6) is 1.21. The largest absolute Gasteiger partial charge is 0.419 e. The Morgan fingerprint density at radius 3 is 2.41 bits per heavy atom. The number of carbonyl (C=O) groups excluding carboxylic acids is 1. The Bertz CT molecular complexity index is 1130. The fourth-order valence-corrected chi connectivity index (χ4v) is 4.54. The maximum absolute atomic E-state index is 11.2. The van der Waals surface area contributed by atoms with E-state index in [-0.39, 0.29) is 11.1 Å². The highest BCUT2D eigenvalue weighted by atomic mass is 35.5. The number of nitrogens with one attached hydrogen (secondary N) is 1. The van der Waals surface area contributed by atoms with Gasteiger partial charge in [-0.2, -0.15) is 0 Å². The summed E-state index contributed by atoms with van der Waals surface area (Å²) in [6.07, 6.45) is 2.07. The van der Waals surface area contributed by atoms with Crippen molar-refractivity contribution in [2.45, 2.75) is 26.3 Å². The number of hydrogen-bond acceptors (Lipinski definition) is 6. The number of pyridine rings is 1. The zero-order chi connectivity index (χ0) is 24.1. The predicted molar refractivity (Wildman–Crippen MR) is 133 cm³/mol. The molecule has 34 heavy (non-hydrogen) atoms. The van der Waals surface area contributed by atoms with Crippen LogP contribution in [0.4, 0.5) is 0 Å². The van der Waals surface area contributed by atoms with Gasteiger partial charge in [0.2, 0.25) is 17.7 Å². The van der Waals surface area contributed by atoms with Crippen molar-refractivity contribution in [1.29, 1.82) is 0 Å². The molecule has 1 aliphatic heterocycles. The summed E-state index contributed by atoms with van der Waals surface area (Å²) in [7, 11) is 0. The lowest BCUT2D eigenvalue weighted by molar-refractivity contribution is -0.119. The molecule has 178 valence electrons. The van der Waals surface area contributed by atoms with Crippen LogP contribution in [-0.4, -0.2) is 45.6 Å². The van der Waals surface area contributed by atoms with Crippen molar-refractivity contribution >= 4 is 40.7 Å². The van der Waals surface area contributed by atoms with Crippen molar-refractivity contribution in [3.05, 3.63) is 63.2 Å². The minimum absolute atomic E-state index is 0.0192.